The van der Waals surface area contributed by atoms with Crippen molar-refractivity contribution in [1.82, 2.24) is 24.4 Å². The predicted octanol–water partition coefficient (Wildman–Crippen LogP) is 4.34. The van der Waals surface area contributed by atoms with Crippen molar-refractivity contribution in [2.45, 2.75) is 44.7 Å². The Morgan fingerprint density at radius 1 is 1.18 bits per heavy atom. The minimum Gasteiger partial charge on any atom is -0.483 e. The number of fused-ring (bicyclic) bond motifs is 1. The smallest absolute Gasteiger partial charge is 0.335 e. The number of ether oxygens (including phenoxy) is 3. The summed E-state index contributed by atoms with van der Waals surface area (Å²) in [4.78, 5) is 27.3. The molecule has 2 aromatic heterocycles. The highest BCUT2D eigenvalue weighted by Gasteiger charge is 2.28. The molecule has 0 amide bonds. The van der Waals surface area contributed by atoms with Crippen LogP contribution in [0.25, 0.3) is 11.0 Å². The highest BCUT2D eigenvalue weighted by atomic mass is 35.5. The number of hydrogen-bond donors (Lipinski definition) is 1. The number of carboxylic acids is 1. The Morgan fingerprint density at radius 3 is 2.83 bits per heavy atom. The van der Waals surface area contributed by atoms with Gasteiger partial charge in [-0.25, -0.2) is 19.2 Å². The van der Waals surface area contributed by atoms with Gasteiger partial charge in [-0.1, -0.05) is 11.6 Å². The lowest BCUT2D eigenvalue weighted by Crippen LogP contribution is -2.33. The first-order chi connectivity index (χ1) is 19.4. The van der Waals surface area contributed by atoms with Gasteiger partial charge in [0.1, 0.15) is 18.5 Å². The minimum absolute atomic E-state index is 0.0168. The van der Waals surface area contributed by atoms with Crippen molar-refractivity contribution < 1.29 is 28.5 Å². The zero-order valence-corrected chi connectivity index (χ0v) is 22.3. The van der Waals surface area contributed by atoms with Gasteiger partial charge in [0, 0.05) is 37.0 Å². The molecule has 0 bridgehead atoms. The molecular formula is C28H27ClFN5O5. The molecule has 6 rings (SSSR count). The molecule has 12 heteroatoms. The van der Waals surface area contributed by atoms with Gasteiger partial charge < -0.3 is 23.9 Å². The monoisotopic (exact) mass is 567 g/mol. The first-order valence-electron chi connectivity index (χ1n) is 13.0. The Hall–Kier alpha value is -3.80. The van der Waals surface area contributed by atoms with Gasteiger partial charge in [0.2, 0.25) is 5.88 Å². The van der Waals surface area contributed by atoms with Crippen LogP contribution in [-0.2, 0) is 24.4 Å². The number of likely N-dealkylation sites (tertiary alicyclic amines) is 1. The van der Waals surface area contributed by atoms with E-state index in [4.69, 9.17) is 30.8 Å². The second-order valence-corrected chi connectivity index (χ2v) is 10.3. The summed E-state index contributed by atoms with van der Waals surface area (Å²) in [6.45, 7) is 3.44. The first kappa shape index (κ1) is 26.4. The third kappa shape index (κ3) is 5.86. The summed E-state index contributed by atoms with van der Waals surface area (Å²) in [5, 5.41) is 9.76. The van der Waals surface area contributed by atoms with Crippen molar-refractivity contribution in [3.05, 3.63) is 76.7 Å². The summed E-state index contributed by atoms with van der Waals surface area (Å²) in [6, 6.07) is 10.9. The predicted molar refractivity (Wildman–Crippen MR) is 143 cm³/mol. The number of hydrogen-bond acceptors (Lipinski definition) is 8. The van der Waals surface area contributed by atoms with Crippen LogP contribution in [-0.4, -0.2) is 67.4 Å². The topological polar surface area (TPSA) is 112 Å². The summed E-state index contributed by atoms with van der Waals surface area (Å²) in [5.74, 6) is 0.209. The Kier molecular flexibility index (Phi) is 7.50. The molecule has 2 saturated heterocycles. The molecule has 0 spiro atoms. The van der Waals surface area contributed by atoms with Crippen LogP contribution in [0.15, 0.2) is 48.7 Å². The maximum absolute atomic E-state index is 14.0. The van der Waals surface area contributed by atoms with Crippen LogP contribution in [0.3, 0.4) is 0 Å². The van der Waals surface area contributed by atoms with E-state index in [1.54, 1.807) is 36.5 Å². The molecule has 10 nitrogen and oxygen atoms in total. The molecule has 2 aliphatic rings. The fourth-order valence-corrected chi connectivity index (χ4v) is 5.08. The number of halogens is 2. The Bertz CT molecular complexity index is 1550. The van der Waals surface area contributed by atoms with Crippen molar-refractivity contribution in [3.8, 4) is 11.6 Å². The Balaban J connectivity index is 1.10. The van der Waals surface area contributed by atoms with E-state index in [-0.39, 0.29) is 30.1 Å². The molecule has 2 atom stereocenters. The second kappa shape index (κ2) is 11.4. The van der Waals surface area contributed by atoms with Crippen molar-refractivity contribution >= 4 is 28.6 Å². The molecule has 208 valence electrons. The summed E-state index contributed by atoms with van der Waals surface area (Å²) in [5.41, 5.74) is 1.80. The molecule has 0 saturated carbocycles. The van der Waals surface area contributed by atoms with Gasteiger partial charge in [0.05, 0.1) is 35.8 Å². The van der Waals surface area contributed by atoms with Crippen LogP contribution < -0.4 is 9.47 Å². The molecule has 0 radical (unpaired) electrons. The zero-order chi connectivity index (χ0) is 27.6. The molecule has 4 aromatic rings. The van der Waals surface area contributed by atoms with E-state index in [1.165, 1.54) is 12.1 Å². The van der Waals surface area contributed by atoms with E-state index in [0.717, 1.165) is 42.9 Å². The number of nitrogens with zero attached hydrogens (tertiary/aromatic N) is 5. The lowest BCUT2D eigenvalue weighted by molar-refractivity contribution is -0.0591. The minimum atomic E-state index is -0.966. The fourth-order valence-electron chi connectivity index (χ4n) is 4.92. The number of aromatic nitrogens is 4. The average Bonchev–Trinajstić information content (AvgIpc) is 3.49. The molecule has 2 aliphatic heterocycles. The molecule has 2 fully saturated rings. The number of imidazole rings is 1. The van der Waals surface area contributed by atoms with Crippen LogP contribution >= 0.6 is 11.6 Å². The quantitative estimate of drug-likeness (QED) is 0.299. The molecular weight excluding hydrogens is 541 g/mol. The largest absolute Gasteiger partial charge is 0.483 e. The third-order valence-electron chi connectivity index (χ3n) is 7.07. The van der Waals surface area contributed by atoms with Crippen LogP contribution in [0.4, 0.5) is 4.39 Å². The molecule has 4 heterocycles. The van der Waals surface area contributed by atoms with Gasteiger partial charge in [-0.3, -0.25) is 4.90 Å². The summed E-state index contributed by atoms with van der Waals surface area (Å²) in [6.07, 6.45) is 3.39. The summed E-state index contributed by atoms with van der Waals surface area (Å²) >= 11 is 5.79. The fraction of sp³-hybridized carbons (Fsp3) is 0.357. The van der Waals surface area contributed by atoms with E-state index in [0.29, 0.717) is 36.4 Å². The van der Waals surface area contributed by atoms with Crippen LogP contribution in [0.2, 0.25) is 5.02 Å². The number of carbonyl (C=O) groups is 1. The van der Waals surface area contributed by atoms with E-state index in [2.05, 4.69) is 19.4 Å². The van der Waals surface area contributed by atoms with Gasteiger partial charge in [-0.2, -0.15) is 4.98 Å². The molecule has 2 aromatic carbocycles. The normalized spacial score (nSPS) is 19.1. The van der Waals surface area contributed by atoms with E-state index in [1.807, 2.05) is 0 Å². The van der Waals surface area contributed by atoms with Crippen molar-refractivity contribution in [1.29, 1.82) is 0 Å². The van der Waals surface area contributed by atoms with Gasteiger partial charge in [-0.15, -0.1) is 0 Å². The highest BCUT2D eigenvalue weighted by molar-refractivity contribution is 6.30. The standard InChI is InChI=1S/C28H27ClFN5O5/c29-18-2-4-24(21(30)12-18)39-16-25-31-8-5-27(33-25)40-20-6-9-34(13-20)15-26-32-22-3-1-17(28(36)37)11-23(22)35(26)14-19-7-10-38-19/h1-5,8,11-12,19-20H,6-7,9-10,13-16H2,(H,36,37). The molecule has 1 N–H and O–H groups in total. The summed E-state index contributed by atoms with van der Waals surface area (Å²) in [7, 11) is 0. The van der Waals surface area contributed by atoms with Crippen LogP contribution in [0.1, 0.15) is 34.8 Å². The maximum atomic E-state index is 14.0. The molecule has 2 unspecified atom stereocenters. The Labute approximate surface area is 234 Å². The number of carboxylic acid groups (broad SMARTS) is 1. The van der Waals surface area contributed by atoms with Gasteiger partial charge in [-0.05, 0) is 49.2 Å². The van der Waals surface area contributed by atoms with Gasteiger partial charge in [0.15, 0.2) is 17.4 Å². The number of rotatable bonds is 10. The lowest BCUT2D eigenvalue weighted by atomic mass is 10.1. The molecule has 0 aliphatic carbocycles. The number of aromatic carboxylic acids is 1. The van der Waals surface area contributed by atoms with Crippen molar-refractivity contribution in [2.75, 3.05) is 19.7 Å². The zero-order valence-electron chi connectivity index (χ0n) is 21.5. The highest BCUT2D eigenvalue weighted by Crippen LogP contribution is 2.26. The van der Waals surface area contributed by atoms with Crippen molar-refractivity contribution in [2.24, 2.45) is 0 Å². The maximum Gasteiger partial charge on any atom is 0.335 e. The van der Waals surface area contributed by atoms with Gasteiger partial charge >= 0.3 is 5.97 Å². The molecule has 40 heavy (non-hydrogen) atoms. The second-order valence-electron chi connectivity index (χ2n) is 9.87. The lowest BCUT2D eigenvalue weighted by Gasteiger charge is -2.28. The van der Waals surface area contributed by atoms with E-state index in [9.17, 15) is 14.3 Å². The first-order valence-corrected chi connectivity index (χ1v) is 13.4. The van der Waals surface area contributed by atoms with Crippen LogP contribution in [0, 0.1) is 5.82 Å². The average molecular weight is 568 g/mol. The van der Waals surface area contributed by atoms with Crippen LogP contribution in [0.5, 0.6) is 11.6 Å². The van der Waals surface area contributed by atoms with Crippen molar-refractivity contribution in [3.63, 3.8) is 0 Å². The third-order valence-corrected chi connectivity index (χ3v) is 7.30. The summed E-state index contributed by atoms with van der Waals surface area (Å²) < 4.78 is 33.4. The SMILES string of the molecule is O=C(O)c1ccc2nc(CN3CCC(Oc4ccnc(COc5ccc(Cl)cc5F)n4)C3)n(CC3CCO3)c2c1. The number of benzene rings is 2. The van der Waals surface area contributed by atoms with Gasteiger partial charge in [0.25, 0.3) is 0 Å². The Morgan fingerprint density at radius 2 is 2.05 bits per heavy atom. The van der Waals surface area contributed by atoms with E-state index >= 15 is 0 Å². The van der Waals surface area contributed by atoms with E-state index < -0.39 is 11.8 Å².